The highest BCUT2D eigenvalue weighted by Gasteiger charge is 2.17. The van der Waals surface area contributed by atoms with Gasteiger partial charge in [-0.25, -0.2) is 0 Å². The molecule has 1 aromatic heterocycles. The summed E-state index contributed by atoms with van der Waals surface area (Å²) in [4.78, 5) is 0. The first kappa shape index (κ1) is 13.9. The third-order valence-corrected chi connectivity index (χ3v) is 4.30. The lowest BCUT2D eigenvalue weighted by molar-refractivity contribution is 0.583. The lowest BCUT2D eigenvalue weighted by Crippen LogP contribution is -2.08. The van der Waals surface area contributed by atoms with E-state index in [0.29, 0.717) is 12.0 Å². The highest BCUT2D eigenvalue weighted by Crippen LogP contribution is 2.33. The van der Waals surface area contributed by atoms with Gasteiger partial charge in [-0.15, -0.1) is 0 Å². The molecule has 0 saturated carbocycles. The van der Waals surface area contributed by atoms with E-state index < -0.39 is 0 Å². The molecular weight excluding hydrogens is 254 g/mol. The topological polar surface area (TPSA) is 4.93 Å². The quantitative estimate of drug-likeness (QED) is 0.571. The van der Waals surface area contributed by atoms with E-state index in [2.05, 4.69) is 86.1 Å². The van der Waals surface area contributed by atoms with Gasteiger partial charge in [0.05, 0.1) is 6.04 Å². The van der Waals surface area contributed by atoms with Crippen LogP contribution < -0.4 is 0 Å². The van der Waals surface area contributed by atoms with E-state index in [1.807, 2.05) is 0 Å². The van der Waals surface area contributed by atoms with E-state index in [4.69, 9.17) is 0 Å². The van der Waals surface area contributed by atoms with E-state index in [0.717, 1.165) is 6.42 Å². The van der Waals surface area contributed by atoms with Gasteiger partial charge in [0, 0.05) is 17.1 Å². The van der Waals surface area contributed by atoms with Crippen molar-refractivity contribution in [1.82, 2.24) is 4.57 Å². The number of fused-ring (bicyclic) bond motifs is 1. The Morgan fingerprint density at radius 1 is 0.905 bits per heavy atom. The molecule has 0 spiro atoms. The zero-order chi connectivity index (χ0) is 14.8. The normalized spacial score (nSPS) is 13.0. The lowest BCUT2D eigenvalue weighted by Gasteiger charge is -2.19. The van der Waals surface area contributed by atoms with E-state index in [9.17, 15) is 0 Å². The predicted octanol–water partition coefficient (Wildman–Crippen LogP) is 5.76. The molecule has 0 aliphatic heterocycles. The van der Waals surface area contributed by atoms with Crippen molar-refractivity contribution in [2.45, 2.75) is 39.2 Å². The molecule has 1 nitrogen and oxygen atoms in total. The van der Waals surface area contributed by atoms with Gasteiger partial charge in [-0.1, -0.05) is 69.3 Å². The molecular formula is C20H23N. The van der Waals surface area contributed by atoms with Gasteiger partial charge in [-0.05, 0) is 29.5 Å². The van der Waals surface area contributed by atoms with Gasteiger partial charge in [0.1, 0.15) is 0 Å². The van der Waals surface area contributed by atoms with E-state index in [1.165, 1.54) is 22.0 Å². The van der Waals surface area contributed by atoms with Crippen molar-refractivity contribution in [3.05, 3.63) is 71.9 Å². The Kier molecular flexibility index (Phi) is 3.83. The van der Waals surface area contributed by atoms with Crippen LogP contribution in [-0.4, -0.2) is 4.57 Å². The minimum absolute atomic E-state index is 0.406. The zero-order valence-corrected chi connectivity index (χ0v) is 13.1. The molecule has 0 radical (unpaired) electrons. The molecule has 2 aromatic carbocycles. The summed E-state index contributed by atoms with van der Waals surface area (Å²) >= 11 is 0. The molecule has 0 amide bonds. The largest absolute Gasteiger partial charge is 0.340 e. The SMILES string of the molecule is CCC(c1ccccc1)n1cc(C(C)C)c2ccccc21. The molecule has 0 bridgehead atoms. The van der Waals surface area contributed by atoms with Gasteiger partial charge in [-0.3, -0.25) is 0 Å². The Balaban J connectivity index is 2.19. The smallest absolute Gasteiger partial charge is 0.0583 e. The Hall–Kier alpha value is -2.02. The number of hydrogen-bond acceptors (Lipinski definition) is 0. The van der Waals surface area contributed by atoms with Gasteiger partial charge in [0.2, 0.25) is 0 Å². The second kappa shape index (κ2) is 5.77. The first-order chi connectivity index (χ1) is 10.2. The number of rotatable bonds is 4. The Morgan fingerprint density at radius 3 is 2.24 bits per heavy atom. The molecule has 0 aliphatic carbocycles. The molecule has 1 heteroatoms. The van der Waals surface area contributed by atoms with Crippen molar-refractivity contribution in [1.29, 1.82) is 0 Å². The average Bonchev–Trinajstić information content (AvgIpc) is 2.89. The summed E-state index contributed by atoms with van der Waals surface area (Å²) in [6, 6.07) is 20.0. The maximum absolute atomic E-state index is 2.46. The van der Waals surface area contributed by atoms with E-state index >= 15 is 0 Å². The van der Waals surface area contributed by atoms with Crippen LogP contribution in [0.4, 0.5) is 0 Å². The lowest BCUT2D eigenvalue weighted by atomic mass is 10.0. The number of nitrogens with zero attached hydrogens (tertiary/aromatic N) is 1. The van der Waals surface area contributed by atoms with Crippen molar-refractivity contribution < 1.29 is 0 Å². The average molecular weight is 277 g/mol. The van der Waals surface area contributed by atoms with Crippen LogP contribution in [0.1, 0.15) is 50.3 Å². The predicted molar refractivity (Wildman–Crippen MR) is 90.9 cm³/mol. The summed E-state index contributed by atoms with van der Waals surface area (Å²) in [5.41, 5.74) is 4.17. The highest BCUT2D eigenvalue weighted by atomic mass is 15.0. The third-order valence-electron chi connectivity index (χ3n) is 4.30. The first-order valence-corrected chi connectivity index (χ1v) is 7.86. The van der Waals surface area contributed by atoms with Crippen LogP contribution in [0, 0.1) is 0 Å². The fraction of sp³-hybridized carbons (Fsp3) is 0.300. The number of para-hydroxylation sites is 1. The minimum atomic E-state index is 0.406. The standard InChI is InChI=1S/C20H23N/c1-4-19(16-10-6-5-7-11-16)21-14-18(15(2)3)17-12-8-9-13-20(17)21/h5-15,19H,4H2,1-3H3. The monoisotopic (exact) mass is 277 g/mol. The molecule has 3 rings (SSSR count). The Bertz CT molecular complexity index is 722. The van der Waals surface area contributed by atoms with Gasteiger partial charge in [-0.2, -0.15) is 0 Å². The molecule has 0 fully saturated rings. The highest BCUT2D eigenvalue weighted by molar-refractivity contribution is 5.84. The van der Waals surface area contributed by atoms with Crippen molar-refractivity contribution in [2.24, 2.45) is 0 Å². The molecule has 3 aromatic rings. The van der Waals surface area contributed by atoms with Crippen LogP contribution >= 0.6 is 0 Å². The van der Waals surface area contributed by atoms with Crippen molar-refractivity contribution in [3.63, 3.8) is 0 Å². The van der Waals surface area contributed by atoms with Crippen LogP contribution in [0.2, 0.25) is 0 Å². The third kappa shape index (κ3) is 2.49. The molecule has 1 heterocycles. The second-order valence-electron chi connectivity index (χ2n) is 6.00. The summed E-state index contributed by atoms with van der Waals surface area (Å²) in [7, 11) is 0. The van der Waals surface area contributed by atoms with Crippen molar-refractivity contribution >= 4 is 10.9 Å². The summed E-state index contributed by atoms with van der Waals surface area (Å²) in [5.74, 6) is 0.546. The number of hydrogen-bond donors (Lipinski definition) is 0. The summed E-state index contributed by atoms with van der Waals surface area (Å²) in [5, 5.41) is 1.39. The summed E-state index contributed by atoms with van der Waals surface area (Å²) < 4.78 is 2.46. The van der Waals surface area contributed by atoms with Gasteiger partial charge >= 0.3 is 0 Å². The zero-order valence-electron chi connectivity index (χ0n) is 13.1. The van der Waals surface area contributed by atoms with E-state index in [1.54, 1.807) is 0 Å². The van der Waals surface area contributed by atoms with Crippen LogP contribution in [0.5, 0.6) is 0 Å². The molecule has 1 atom stereocenters. The fourth-order valence-corrected chi connectivity index (χ4v) is 3.22. The second-order valence-corrected chi connectivity index (χ2v) is 6.00. The van der Waals surface area contributed by atoms with Gasteiger partial charge < -0.3 is 4.57 Å². The van der Waals surface area contributed by atoms with Gasteiger partial charge in [0.25, 0.3) is 0 Å². The van der Waals surface area contributed by atoms with Crippen LogP contribution in [0.3, 0.4) is 0 Å². The fourth-order valence-electron chi connectivity index (χ4n) is 3.22. The van der Waals surface area contributed by atoms with E-state index in [-0.39, 0.29) is 0 Å². The maximum atomic E-state index is 2.46. The number of benzene rings is 2. The molecule has 108 valence electrons. The van der Waals surface area contributed by atoms with Gasteiger partial charge in [0.15, 0.2) is 0 Å². The minimum Gasteiger partial charge on any atom is -0.340 e. The summed E-state index contributed by atoms with van der Waals surface area (Å²) in [6.45, 7) is 6.81. The van der Waals surface area contributed by atoms with Crippen LogP contribution in [-0.2, 0) is 0 Å². The molecule has 21 heavy (non-hydrogen) atoms. The molecule has 1 unspecified atom stereocenters. The molecule has 0 saturated heterocycles. The Labute approximate surface area is 127 Å². The number of aromatic nitrogens is 1. The molecule has 0 N–H and O–H groups in total. The first-order valence-electron chi connectivity index (χ1n) is 7.86. The summed E-state index contributed by atoms with van der Waals surface area (Å²) in [6.07, 6.45) is 3.46. The van der Waals surface area contributed by atoms with Crippen molar-refractivity contribution in [3.8, 4) is 0 Å². The Morgan fingerprint density at radius 2 is 1.57 bits per heavy atom. The van der Waals surface area contributed by atoms with Crippen LogP contribution in [0.25, 0.3) is 10.9 Å². The van der Waals surface area contributed by atoms with Crippen LogP contribution in [0.15, 0.2) is 60.8 Å². The maximum Gasteiger partial charge on any atom is 0.0583 e. The van der Waals surface area contributed by atoms with Crippen molar-refractivity contribution in [2.75, 3.05) is 0 Å². The molecule has 0 aliphatic rings.